The van der Waals surface area contributed by atoms with E-state index in [1.165, 1.54) is 0 Å². The number of rotatable bonds is 11. The van der Waals surface area contributed by atoms with Crippen molar-refractivity contribution in [2.24, 2.45) is 17.6 Å². The van der Waals surface area contributed by atoms with E-state index in [0.717, 1.165) is 6.92 Å². The van der Waals surface area contributed by atoms with Gasteiger partial charge in [0, 0.05) is 19.4 Å². The molecule has 0 aromatic carbocycles. The maximum absolute atomic E-state index is 12.1. The third-order valence-corrected chi connectivity index (χ3v) is 8.95. The van der Waals surface area contributed by atoms with E-state index < -0.39 is 116 Å². The molecular weight excluding hydrogens is 612 g/mol. The molecule has 1 aliphatic carbocycles. The number of aliphatic hydroxyl groups is 5. The van der Waals surface area contributed by atoms with Crippen molar-refractivity contribution in [2.75, 3.05) is 19.8 Å². The molecule has 256 valence electrons. The maximum atomic E-state index is 12.1. The molecule has 0 bridgehead atoms. The van der Waals surface area contributed by atoms with Crippen LogP contribution in [0.1, 0.15) is 19.8 Å². The average Bonchev–Trinajstić information content (AvgIpc) is 3.24. The molecule has 0 radical (unpaired) electrons. The fourth-order valence-corrected chi connectivity index (χ4v) is 6.71. The van der Waals surface area contributed by atoms with Crippen molar-refractivity contribution in [2.45, 2.75) is 112 Å². The van der Waals surface area contributed by atoms with Crippen molar-refractivity contribution in [1.82, 2.24) is 5.32 Å². The molecular formula is C26H40N2O17. The number of hydrogen-bond acceptors (Lipinski definition) is 16. The van der Waals surface area contributed by atoms with Gasteiger partial charge in [0.15, 0.2) is 31.1 Å². The third-order valence-electron chi connectivity index (χ3n) is 8.95. The molecule has 10 N–H and O–H groups in total. The number of carbonyl (C=O) groups is 3. The highest BCUT2D eigenvalue weighted by Gasteiger charge is 2.62. The molecule has 19 nitrogen and oxygen atoms in total. The summed E-state index contributed by atoms with van der Waals surface area (Å²) >= 11 is 0. The Kier molecular flexibility index (Phi) is 10.6. The number of carboxylic acids is 2. The lowest BCUT2D eigenvalue weighted by Gasteiger charge is -2.49. The zero-order chi connectivity index (χ0) is 32.7. The first-order chi connectivity index (χ1) is 21.4. The number of aliphatic hydroxyl groups excluding tert-OH is 5. The first-order valence-electron chi connectivity index (χ1n) is 14.7. The fourth-order valence-electron chi connectivity index (χ4n) is 6.71. The highest BCUT2D eigenvalue weighted by Crippen LogP contribution is 2.51. The summed E-state index contributed by atoms with van der Waals surface area (Å²) in [5, 5.41) is 76.0. The number of aliphatic carboxylic acids is 2. The van der Waals surface area contributed by atoms with E-state index in [1.807, 2.05) is 0 Å². The minimum atomic E-state index is -1.93. The lowest BCUT2D eigenvalue weighted by atomic mass is 9.70. The number of fused-ring (bicyclic) bond motifs is 3. The van der Waals surface area contributed by atoms with Gasteiger partial charge in [-0.15, -0.1) is 0 Å². The summed E-state index contributed by atoms with van der Waals surface area (Å²) in [6.07, 6.45) is -20.0. The molecule has 0 spiro atoms. The molecule has 17 unspecified atom stereocenters. The zero-order valence-corrected chi connectivity index (χ0v) is 24.1. The quantitative estimate of drug-likeness (QED) is 0.101. The van der Waals surface area contributed by atoms with Gasteiger partial charge in [0.05, 0.1) is 25.4 Å². The normalized spacial score (nSPS) is 47.7. The predicted molar refractivity (Wildman–Crippen MR) is 140 cm³/mol. The molecule has 17 atom stereocenters. The Morgan fingerprint density at radius 2 is 1.49 bits per heavy atom. The van der Waals surface area contributed by atoms with Gasteiger partial charge in [-0.2, -0.15) is 0 Å². The lowest BCUT2D eigenvalue weighted by molar-refractivity contribution is -0.359. The Morgan fingerprint density at radius 1 is 0.822 bits per heavy atom. The summed E-state index contributed by atoms with van der Waals surface area (Å²) in [7, 11) is 0. The van der Waals surface area contributed by atoms with E-state index in [2.05, 4.69) is 5.32 Å². The summed E-state index contributed by atoms with van der Waals surface area (Å²) in [5.74, 6) is -4.37. The number of ether oxygens (including phenoxy) is 7. The highest BCUT2D eigenvalue weighted by atomic mass is 16.8. The van der Waals surface area contributed by atoms with Gasteiger partial charge in [0.2, 0.25) is 5.91 Å². The molecule has 1 amide bonds. The monoisotopic (exact) mass is 652 g/mol. The van der Waals surface area contributed by atoms with Crippen LogP contribution in [0, 0.1) is 11.8 Å². The number of nitrogens with two attached hydrogens (primary N) is 1. The van der Waals surface area contributed by atoms with Crippen LogP contribution in [0.15, 0.2) is 0 Å². The summed E-state index contributed by atoms with van der Waals surface area (Å²) < 4.78 is 39.4. The van der Waals surface area contributed by atoms with Gasteiger partial charge >= 0.3 is 11.9 Å². The summed E-state index contributed by atoms with van der Waals surface area (Å²) in [6.45, 7) is 0.121. The van der Waals surface area contributed by atoms with Gasteiger partial charge in [-0.25, -0.2) is 9.59 Å². The third kappa shape index (κ3) is 6.55. The van der Waals surface area contributed by atoms with Crippen molar-refractivity contribution < 1.29 is 83.3 Å². The lowest BCUT2D eigenvalue weighted by Crippen LogP contribution is -2.69. The second-order valence-corrected chi connectivity index (χ2v) is 11.8. The van der Waals surface area contributed by atoms with E-state index in [0.29, 0.717) is 12.8 Å². The largest absolute Gasteiger partial charge is 0.479 e. The summed E-state index contributed by atoms with van der Waals surface area (Å²) in [6, 6.07) is -1.55. The minimum absolute atomic E-state index is 0.00745. The van der Waals surface area contributed by atoms with Crippen LogP contribution in [0.25, 0.3) is 0 Å². The Hall–Kier alpha value is -2.11. The Bertz CT molecular complexity index is 1080. The first kappa shape index (κ1) is 34.2. The Morgan fingerprint density at radius 3 is 2.07 bits per heavy atom. The molecule has 4 heterocycles. The van der Waals surface area contributed by atoms with Crippen molar-refractivity contribution in [3.8, 4) is 0 Å². The van der Waals surface area contributed by atoms with Gasteiger partial charge in [-0.05, 0) is 18.8 Å². The van der Waals surface area contributed by atoms with Gasteiger partial charge in [0.1, 0.15) is 48.8 Å². The van der Waals surface area contributed by atoms with Gasteiger partial charge in [0.25, 0.3) is 0 Å². The number of carbonyl (C=O) groups excluding carboxylic acids is 1. The number of carboxylic acid groups (broad SMARTS) is 2. The average molecular weight is 653 g/mol. The fraction of sp³-hybridized carbons (Fsp3) is 0.885. The molecule has 5 rings (SSSR count). The maximum Gasteiger partial charge on any atom is 0.335 e. The van der Waals surface area contributed by atoms with Crippen LogP contribution < -0.4 is 11.1 Å². The summed E-state index contributed by atoms with van der Waals surface area (Å²) in [4.78, 5) is 36.3. The predicted octanol–water partition coefficient (Wildman–Crippen LogP) is -5.19. The van der Waals surface area contributed by atoms with Gasteiger partial charge in [-0.1, -0.05) is 0 Å². The molecule has 45 heavy (non-hydrogen) atoms. The van der Waals surface area contributed by atoms with Crippen molar-refractivity contribution in [1.29, 1.82) is 0 Å². The molecule has 19 heteroatoms. The van der Waals surface area contributed by atoms with E-state index in [9.17, 15) is 50.1 Å². The van der Waals surface area contributed by atoms with Crippen LogP contribution in [0.2, 0.25) is 0 Å². The first-order valence-corrected chi connectivity index (χ1v) is 14.7. The van der Waals surface area contributed by atoms with Crippen LogP contribution in [-0.2, 0) is 47.5 Å². The zero-order valence-electron chi connectivity index (χ0n) is 24.1. The van der Waals surface area contributed by atoms with E-state index >= 15 is 0 Å². The van der Waals surface area contributed by atoms with Gasteiger partial charge < -0.3 is 80.0 Å². The molecule has 5 aliphatic rings. The Labute approximate surface area is 256 Å². The van der Waals surface area contributed by atoms with Crippen molar-refractivity contribution in [3.05, 3.63) is 0 Å². The summed E-state index contributed by atoms with van der Waals surface area (Å²) in [5.41, 5.74) is 5.37. The second-order valence-electron chi connectivity index (χ2n) is 11.8. The molecule has 0 aromatic rings. The number of nitrogens with one attached hydrogen (secondary N) is 1. The molecule has 1 saturated carbocycles. The number of amides is 1. The highest BCUT2D eigenvalue weighted by molar-refractivity contribution is 5.74. The van der Waals surface area contributed by atoms with Crippen LogP contribution in [0.4, 0.5) is 0 Å². The smallest absolute Gasteiger partial charge is 0.335 e. The van der Waals surface area contributed by atoms with Crippen LogP contribution in [-0.4, -0.2) is 165 Å². The molecule has 5 fully saturated rings. The van der Waals surface area contributed by atoms with Crippen molar-refractivity contribution in [3.63, 3.8) is 0 Å². The number of hydrogen-bond donors (Lipinski definition) is 9. The van der Waals surface area contributed by atoms with Crippen LogP contribution >= 0.6 is 0 Å². The van der Waals surface area contributed by atoms with Gasteiger partial charge in [-0.3, -0.25) is 4.79 Å². The topological polar surface area (TPSA) is 295 Å². The molecule has 0 aromatic heterocycles. The van der Waals surface area contributed by atoms with Crippen LogP contribution in [0.3, 0.4) is 0 Å². The van der Waals surface area contributed by atoms with E-state index in [4.69, 9.17) is 38.9 Å². The standard InChI is InChI=1S/C26H40N2O17/c1-7(30)28-12-13(31)17(42-26-16(34)18-11(19(43-26)22(35)36)8-2-3-9(8)40-18)10(6-29)41-24(12)44-20-14(32)15(33)25(39-5-4-27)45-21(20)23(37)38/h8-21,24-26,29,31-34H,2-6,27H2,1H3,(H,28,30)(H,35,36)(H,37,38). The molecule has 4 saturated heterocycles. The van der Waals surface area contributed by atoms with Crippen LogP contribution in [0.5, 0.6) is 0 Å². The second kappa shape index (κ2) is 13.9. The SMILES string of the molecule is CC(=O)NC1C(OC2C(C(=O)O)OC(OCCN)C(O)C2O)OC(CO)C(OC2OC(C(=O)O)C3C4CCC4OC3C2O)C1O. The van der Waals surface area contributed by atoms with E-state index in [-0.39, 0.29) is 25.2 Å². The molecule has 4 aliphatic heterocycles. The minimum Gasteiger partial charge on any atom is -0.479 e. The van der Waals surface area contributed by atoms with E-state index in [1.54, 1.807) is 0 Å². The Balaban J connectivity index is 1.35. The van der Waals surface area contributed by atoms with Crippen molar-refractivity contribution >= 4 is 17.8 Å².